The number of amides is 4. The summed E-state index contributed by atoms with van der Waals surface area (Å²) >= 11 is 0. The number of hydrogen-bond donors (Lipinski definition) is 4. The Hall–Kier alpha value is -4.08. The Labute approximate surface area is 215 Å². The van der Waals surface area contributed by atoms with Crippen LogP contribution in [0.1, 0.15) is 36.5 Å². The molecule has 1 atom stereocenters. The highest BCUT2D eigenvalue weighted by Gasteiger charge is 2.33. The van der Waals surface area contributed by atoms with E-state index < -0.39 is 11.9 Å². The summed E-state index contributed by atoms with van der Waals surface area (Å²) in [5.41, 5.74) is 4.91. The average Bonchev–Trinajstić information content (AvgIpc) is 3.38. The maximum Gasteiger partial charge on any atom is 0.322 e. The number of carbonyl (C=O) groups is 3. The van der Waals surface area contributed by atoms with Crippen LogP contribution in [0.3, 0.4) is 0 Å². The van der Waals surface area contributed by atoms with Crippen LogP contribution in [0.25, 0.3) is 10.9 Å². The predicted molar refractivity (Wildman–Crippen MR) is 139 cm³/mol. The molecule has 1 unspecified atom stereocenters. The van der Waals surface area contributed by atoms with Crippen molar-refractivity contribution in [3.63, 3.8) is 0 Å². The zero-order valence-electron chi connectivity index (χ0n) is 20.9. The summed E-state index contributed by atoms with van der Waals surface area (Å²) in [5, 5.41) is 23.6. The highest BCUT2D eigenvalue weighted by atomic mass is 16.4. The van der Waals surface area contributed by atoms with Crippen LogP contribution in [0, 0.1) is 5.92 Å². The lowest BCUT2D eigenvalue weighted by atomic mass is 9.95. The molecule has 10 nitrogen and oxygen atoms in total. The number of carbonyl (C=O) groups excluding carboxylic acids is 2. The molecule has 0 aliphatic carbocycles. The molecular weight excluding hydrogens is 472 g/mol. The number of piperidine rings is 1. The van der Waals surface area contributed by atoms with Gasteiger partial charge in [-0.3, -0.25) is 9.89 Å². The third-order valence-electron chi connectivity index (χ3n) is 7.46. The van der Waals surface area contributed by atoms with Crippen LogP contribution in [-0.4, -0.2) is 68.8 Å². The molecule has 0 radical (unpaired) electrons. The number of urea groups is 2. The van der Waals surface area contributed by atoms with Gasteiger partial charge in [-0.05, 0) is 54.5 Å². The van der Waals surface area contributed by atoms with Crippen LogP contribution in [0.4, 0.5) is 15.3 Å². The maximum absolute atomic E-state index is 12.8. The number of hydrogen-bond acceptors (Lipinski definition) is 4. The molecule has 3 aromatic rings. The number of nitrogens with one attached hydrogen (secondary N) is 3. The van der Waals surface area contributed by atoms with E-state index >= 15 is 0 Å². The summed E-state index contributed by atoms with van der Waals surface area (Å²) in [6, 6.07) is 11.4. The summed E-state index contributed by atoms with van der Waals surface area (Å²) in [7, 11) is 0. The number of fused-ring (bicyclic) bond motifs is 2. The van der Waals surface area contributed by atoms with E-state index in [1.807, 2.05) is 48.2 Å². The number of H-pyrrole nitrogens is 1. The second-order valence-corrected chi connectivity index (χ2v) is 9.80. The molecule has 1 aromatic heterocycles. The molecule has 10 heteroatoms. The topological polar surface area (TPSA) is 131 Å². The third kappa shape index (κ3) is 5.23. The fourth-order valence-corrected chi connectivity index (χ4v) is 5.35. The van der Waals surface area contributed by atoms with Crippen molar-refractivity contribution in [1.29, 1.82) is 0 Å². The first-order valence-electron chi connectivity index (χ1n) is 12.8. The summed E-state index contributed by atoms with van der Waals surface area (Å²) < 4.78 is 0. The Balaban J connectivity index is 1.15. The van der Waals surface area contributed by atoms with Crippen molar-refractivity contribution in [1.82, 2.24) is 25.3 Å². The van der Waals surface area contributed by atoms with E-state index in [4.69, 9.17) is 0 Å². The first kappa shape index (κ1) is 24.6. The van der Waals surface area contributed by atoms with Crippen LogP contribution >= 0.6 is 0 Å². The molecule has 1 saturated heterocycles. The molecule has 2 aliphatic heterocycles. The number of para-hydroxylation sites is 1. The Morgan fingerprint density at radius 2 is 2.00 bits per heavy atom. The van der Waals surface area contributed by atoms with Gasteiger partial charge in [0.15, 0.2) is 0 Å². The first-order chi connectivity index (χ1) is 17.9. The molecule has 0 bridgehead atoms. The van der Waals surface area contributed by atoms with Crippen molar-refractivity contribution in [3.8, 4) is 0 Å². The van der Waals surface area contributed by atoms with E-state index in [1.54, 1.807) is 11.1 Å². The number of anilines is 1. The molecular formula is C27H32N6O4. The molecule has 3 heterocycles. The van der Waals surface area contributed by atoms with Gasteiger partial charge in [-0.25, -0.2) is 9.59 Å². The molecule has 4 amide bonds. The smallest absolute Gasteiger partial charge is 0.322 e. The predicted octanol–water partition coefficient (Wildman–Crippen LogP) is 3.59. The Bertz CT molecular complexity index is 1310. The Morgan fingerprint density at radius 1 is 1.22 bits per heavy atom. The summed E-state index contributed by atoms with van der Waals surface area (Å²) in [5.74, 6) is -1.69. The van der Waals surface area contributed by atoms with Gasteiger partial charge in [-0.15, -0.1) is 0 Å². The number of benzene rings is 2. The highest BCUT2D eigenvalue weighted by molar-refractivity contribution is 5.92. The zero-order valence-corrected chi connectivity index (χ0v) is 20.9. The largest absolute Gasteiger partial charge is 0.481 e. The van der Waals surface area contributed by atoms with Crippen molar-refractivity contribution in [2.24, 2.45) is 5.92 Å². The van der Waals surface area contributed by atoms with Gasteiger partial charge in [0.1, 0.15) is 0 Å². The summed E-state index contributed by atoms with van der Waals surface area (Å²) in [6.07, 6.45) is 4.22. The molecule has 4 N–H and O–H groups in total. The maximum atomic E-state index is 12.8. The number of carboxylic acid groups (broad SMARTS) is 1. The highest BCUT2D eigenvalue weighted by Crippen LogP contribution is 2.27. The van der Waals surface area contributed by atoms with Gasteiger partial charge in [0.05, 0.1) is 17.6 Å². The van der Waals surface area contributed by atoms with Crippen LogP contribution < -0.4 is 10.6 Å². The molecule has 0 spiro atoms. The molecule has 37 heavy (non-hydrogen) atoms. The van der Waals surface area contributed by atoms with E-state index in [9.17, 15) is 19.5 Å². The van der Waals surface area contributed by atoms with Gasteiger partial charge in [0.25, 0.3) is 0 Å². The summed E-state index contributed by atoms with van der Waals surface area (Å²) in [6.45, 7) is 3.68. The van der Waals surface area contributed by atoms with E-state index in [0.29, 0.717) is 38.9 Å². The minimum Gasteiger partial charge on any atom is -0.481 e. The van der Waals surface area contributed by atoms with E-state index in [-0.39, 0.29) is 24.6 Å². The van der Waals surface area contributed by atoms with Crippen LogP contribution in [0.2, 0.25) is 0 Å². The van der Waals surface area contributed by atoms with Gasteiger partial charge < -0.3 is 25.5 Å². The number of likely N-dealkylation sites (tertiary alicyclic amines) is 1. The van der Waals surface area contributed by atoms with Gasteiger partial charge in [0.2, 0.25) is 0 Å². The standard InChI is InChI=1S/C27H32N6O4/c1-2-18-11-17(12-20-15-29-31-24(18)20)13-21(25(34)35)14-28-26(36)32-9-7-22(8-10-32)33-16-19-5-3-4-6-23(19)30-27(33)37/h3-6,11-12,15,21-22H,2,7-10,13-14,16H2,1H3,(H,28,36)(H,29,31)(H,30,37)(H,34,35). The molecule has 5 rings (SSSR count). The van der Waals surface area contributed by atoms with Crippen molar-refractivity contribution in [2.75, 3.05) is 25.0 Å². The number of aliphatic carboxylic acids is 1. The van der Waals surface area contributed by atoms with Crippen molar-refractivity contribution in [2.45, 2.75) is 45.2 Å². The van der Waals surface area contributed by atoms with Gasteiger partial charge >= 0.3 is 18.0 Å². The quantitative estimate of drug-likeness (QED) is 0.391. The fourth-order valence-electron chi connectivity index (χ4n) is 5.35. The number of nitrogens with zero attached hydrogens (tertiary/aromatic N) is 3. The van der Waals surface area contributed by atoms with E-state index in [2.05, 4.69) is 20.8 Å². The minimum atomic E-state index is -0.944. The number of rotatable bonds is 7. The Morgan fingerprint density at radius 3 is 2.76 bits per heavy atom. The molecule has 0 saturated carbocycles. The van der Waals surface area contributed by atoms with Gasteiger partial charge in [0, 0.05) is 43.3 Å². The van der Waals surface area contributed by atoms with Crippen molar-refractivity contribution in [3.05, 3.63) is 59.3 Å². The van der Waals surface area contributed by atoms with Crippen molar-refractivity contribution < 1.29 is 19.5 Å². The minimum absolute atomic E-state index is 0.0459. The first-order valence-corrected chi connectivity index (χ1v) is 12.8. The molecule has 2 aliphatic rings. The van der Waals surface area contributed by atoms with E-state index in [0.717, 1.165) is 39.7 Å². The lowest BCUT2D eigenvalue weighted by Crippen LogP contribution is -2.53. The van der Waals surface area contributed by atoms with Crippen LogP contribution in [-0.2, 0) is 24.2 Å². The number of aromatic nitrogens is 2. The van der Waals surface area contributed by atoms with Gasteiger partial charge in [-0.2, -0.15) is 5.10 Å². The second kappa shape index (κ2) is 10.5. The molecule has 194 valence electrons. The third-order valence-corrected chi connectivity index (χ3v) is 7.46. The normalized spacial score (nSPS) is 16.8. The summed E-state index contributed by atoms with van der Waals surface area (Å²) in [4.78, 5) is 41.0. The number of aryl methyl sites for hydroxylation is 1. The number of aromatic amines is 1. The van der Waals surface area contributed by atoms with Crippen LogP contribution in [0.15, 0.2) is 42.6 Å². The lowest BCUT2D eigenvalue weighted by molar-refractivity contribution is -0.141. The van der Waals surface area contributed by atoms with E-state index in [1.165, 1.54) is 0 Å². The van der Waals surface area contributed by atoms with Crippen molar-refractivity contribution >= 4 is 34.6 Å². The SMILES string of the molecule is CCc1cc(CC(CNC(=O)N2CCC(N3Cc4ccccc4NC3=O)CC2)C(=O)O)cc2cn[nH]c12. The lowest BCUT2D eigenvalue weighted by Gasteiger charge is -2.40. The Kier molecular flexibility index (Phi) is 6.98. The average molecular weight is 505 g/mol. The second-order valence-electron chi connectivity index (χ2n) is 9.80. The fraction of sp³-hybridized carbons (Fsp3) is 0.407. The molecule has 1 fully saturated rings. The monoisotopic (exact) mass is 504 g/mol. The zero-order chi connectivity index (χ0) is 25.9. The van der Waals surface area contributed by atoms with Gasteiger partial charge in [-0.1, -0.05) is 31.2 Å². The number of carboxylic acids is 1. The molecule has 2 aromatic carbocycles. The van der Waals surface area contributed by atoms with Crippen LogP contribution in [0.5, 0.6) is 0 Å².